The summed E-state index contributed by atoms with van der Waals surface area (Å²) in [5.41, 5.74) is 0. The molecule has 1 aliphatic rings. The van der Waals surface area contributed by atoms with Crippen LogP contribution < -0.4 is 16.0 Å². The lowest BCUT2D eigenvalue weighted by atomic mass is 10.3. The van der Waals surface area contributed by atoms with E-state index in [9.17, 15) is 9.59 Å². The van der Waals surface area contributed by atoms with E-state index in [0.29, 0.717) is 13.1 Å². The molecule has 1 aliphatic heterocycles. The Kier molecular flexibility index (Phi) is 4.36. The summed E-state index contributed by atoms with van der Waals surface area (Å²) >= 11 is 0. The van der Waals surface area contributed by atoms with Crippen molar-refractivity contribution in [2.45, 2.75) is 33.0 Å². The molecule has 6 nitrogen and oxygen atoms in total. The Labute approximate surface area is 89.4 Å². The lowest BCUT2D eigenvalue weighted by Crippen LogP contribution is -2.67. The van der Waals surface area contributed by atoms with E-state index in [4.69, 9.17) is 0 Å². The maximum absolute atomic E-state index is 11.5. The van der Waals surface area contributed by atoms with Gasteiger partial charge in [-0.15, -0.1) is 0 Å². The first-order chi connectivity index (χ1) is 7.19. The maximum atomic E-state index is 11.5. The number of rotatable bonds is 5. The van der Waals surface area contributed by atoms with Crippen molar-refractivity contribution in [1.29, 1.82) is 0 Å². The van der Waals surface area contributed by atoms with Crippen molar-refractivity contribution in [1.82, 2.24) is 20.9 Å². The summed E-state index contributed by atoms with van der Waals surface area (Å²) in [5, 5.41) is 8.23. The van der Waals surface area contributed by atoms with Crippen molar-refractivity contribution in [3.05, 3.63) is 0 Å². The number of imide groups is 1. The highest BCUT2D eigenvalue weighted by molar-refractivity contribution is 5.95. The zero-order valence-electron chi connectivity index (χ0n) is 9.17. The molecule has 1 rings (SSSR count). The summed E-state index contributed by atoms with van der Waals surface area (Å²) < 4.78 is 0. The van der Waals surface area contributed by atoms with Gasteiger partial charge in [0.2, 0.25) is 0 Å². The topological polar surface area (TPSA) is 73.5 Å². The van der Waals surface area contributed by atoms with Gasteiger partial charge < -0.3 is 10.6 Å². The number of carbonyl (C=O) groups excluding carboxylic acids is 2. The first-order valence-corrected chi connectivity index (χ1v) is 5.31. The summed E-state index contributed by atoms with van der Waals surface area (Å²) in [6, 6.07) is -0.670. The summed E-state index contributed by atoms with van der Waals surface area (Å²) in [7, 11) is 0. The molecule has 0 spiro atoms. The van der Waals surface area contributed by atoms with Crippen molar-refractivity contribution >= 4 is 12.1 Å². The first kappa shape index (κ1) is 11.8. The Hall–Kier alpha value is -1.30. The fourth-order valence-corrected chi connectivity index (χ4v) is 1.36. The monoisotopic (exact) mass is 214 g/mol. The van der Waals surface area contributed by atoms with Crippen LogP contribution in [0.3, 0.4) is 0 Å². The van der Waals surface area contributed by atoms with Crippen molar-refractivity contribution in [2.24, 2.45) is 0 Å². The highest BCUT2D eigenvalue weighted by Gasteiger charge is 2.29. The van der Waals surface area contributed by atoms with Gasteiger partial charge in [0.25, 0.3) is 0 Å². The minimum absolute atomic E-state index is 0.335. The van der Waals surface area contributed by atoms with E-state index in [2.05, 4.69) is 16.0 Å². The zero-order valence-corrected chi connectivity index (χ0v) is 9.17. The van der Waals surface area contributed by atoms with Gasteiger partial charge in [-0.3, -0.25) is 5.32 Å². The average Bonchev–Trinajstić information content (AvgIpc) is 2.17. The second-order valence-electron chi connectivity index (χ2n) is 3.39. The van der Waals surface area contributed by atoms with Gasteiger partial charge in [0, 0.05) is 6.54 Å². The number of nitrogens with one attached hydrogen (secondary N) is 3. The molecule has 1 heterocycles. The molecule has 0 aliphatic carbocycles. The second kappa shape index (κ2) is 5.55. The molecule has 0 aromatic rings. The quantitative estimate of drug-likeness (QED) is 0.620. The van der Waals surface area contributed by atoms with Crippen LogP contribution in [0.1, 0.15) is 26.7 Å². The molecule has 0 bridgehead atoms. The number of amides is 4. The van der Waals surface area contributed by atoms with Gasteiger partial charge in [-0.05, 0) is 13.0 Å². The van der Waals surface area contributed by atoms with Crippen LogP contribution in [0.15, 0.2) is 0 Å². The maximum Gasteiger partial charge on any atom is 0.328 e. The molecule has 0 saturated carbocycles. The molecule has 0 unspecified atom stereocenters. The summed E-state index contributed by atoms with van der Waals surface area (Å²) in [6.07, 6.45) is 1.33. The normalized spacial score (nSPS) is 17.6. The van der Waals surface area contributed by atoms with Gasteiger partial charge in [0.15, 0.2) is 6.29 Å². The van der Waals surface area contributed by atoms with Crippen molar-refractivity contribution in [2.75, 3.05) is 13.1 Å². The number of unbranched alkanes of at least 4 members (excludes halogenated alkanes) is 1. The van der Waals surface area contributed by atoms with Crippen molar-refractivity contribution in [3.8, 4) is 0 Å². The fourth-order valence-electron chi connectivity index (χ4n) is 1.36. The SMILES string of the molecule is CCCCN1C(=O)NC(NCC)NC1=O. The van der Waals surface area contributed by atoms with E-state index in [0.717, 1.165) is 12.8 Å². The van der Waals surface area contributed by atoms with Gasteiger partial charge >= 0.3 is 12.1 Å². The van der Waals surface area contributed by atoms with Crippen LogP contribution in [0.25, 0.3) is 0 Å². The minimum atomic E-state index is -0.451. The van der Waals surface area contributed by atoms with Gasteiger partial charge in [-0.25, -0.2) is 14.5 Å². The average molecular weight is 214 g/mol. The van der Waals surface area contributed by atoms with Gasteiger partial charge in [-0.1, -0.05) is 20.3 Å². The van der Waals surface area contributed by atoms with Crippen LogP contribution in [0.4, 0.5) is 9.59 Å². The van der Waals surface area contributed by atoms with Gasteiger partial charge in [0.05, 0.1) is 0 Å². The number of nitrogens with zero attached hydrogens (tertiary/aromatic N) is 1. The molecule has 6 heteroatoms. The molecule has 0 radical (unpaired) electrons. The van der Waals surface area contributed by atoms with E-state index in [1.165, 1.54) is 4.90 Å². The zero-order chi connectivity index (χ0) is 11.3. The lowest BCUT2D eigenvalue weighted by molar-refractivity contribution is 0.159. The molecule has 4 amide bonds. The number of hydrogen-bond acceptors (Lipinski definition) is 3. The molecule has 0 aromatic heterocycles. The van der Waals surface area contributed by atoms with Gasteiger partial charge in [-0.2, -0.15) is 0 Å². The standard InChI is InChI=1S/C9H18N4O2/c1-3-5-6-13-8(14)11-7(10-4-2)12-9(13)15/h7,10H,3-6H2,1-2H3,(H,11,14)(H,12,15). The van der Waals surface area contributed by atoms with Crippen LogP contribution in [0.5, 0.6) is 0 Å². The van der Waals surface area contributed by atoms with Crippen LogP contribution in [-0.2, 0) is 0 Å². The van der Waals surface area contributed by atoms with E-state index < -0.39 is 6.29 Å². The Bertz CT molecular complexity index is 226. The number of urea groups is 2. The highest BCUT2D eigenvalue weighted by atomic mass is 16.2. The Morgan fingerprint density at radius 2 is 1.87 bits per heavy atom. The minimum Gasteiger partial charge on any atom is -0.305 e. The lowest BCUT2D eigenvalue weighted by Gasteiger charge is -2.32. The van der Waals surface area contributed by atoms with Crippen LogP contribution in [-0.4, -0.2) is 36.3 Å². The second-order valence-corrected chi connectivity index (χ2v) is 3.39. The fraction of sp³-hybridized carbons (Fsp3) is 0.778. The predicted molar refractivity (Wildman–Crippen MR) is 56.1 cm³/mol. The van der Waals surface area contributed by atoms with Gasteiger partial charge in [0.1, 0.15) is 0 Å². The summed E-state index contributed by atoms with van der Waals surface area (Å²) in [5.74, 6) is 0. The molecular formula is C9H18N4O2. The highest BCUT2D eigenvalue weighted by Crippen LogP contribution is 2.01. The van der Waals surface area contributed by atoms with E-state index >= 15 is 0 Å². The number of hydrogen-bond donors (Lipinski definition) is 3. The Morgan fingerprint density at radius 3 is 2.33 bits per heavy atom. The van der Waals surface area contributed by atoms with Crippen LogP contribution in [0, 0.1) is 0 Å². The smallest absolute Gasteiger partial charge is 0.305 e. The first-order valence-electron chi connectivity index (χ1n) is 5.31. The molecule has 0 aromatic carbocycles. The van der Waals surface area contributed by atoms with Crippen molar-refractivity contribution < 1.29 is 9.59 Å². The molecular weight excluding hydrogens is 196 g/mol. The van der Waals surface area contributed by atoms with E-state index in [1.807, 2.05) is 13.8 Å². The third-order valence-corrected chi connectivity index (χ3v) is 2.17. The Balaban J connectivity index is 2.49. The molecule has 0 atom stereocenters. The summed E-state index contributed by atoms with van der Waals surface area (Å²) in [4.78, 5) is 24.2. The molecule has 1 fully saturated rings. The predicted octanol–water partition coefficient (Wildman–Crippen LogP) is 0.414. The molecule has 3 N–H and O–H groups in total. The van der Waals surface area contributed by atoms with Crippen LogP contribution in [0.2, 0.25) is 0 Å². The third kappa shape index (κ3) is 3.09. The molecule has 1 saturated heterocycles. The summed E-state index contributed by atoms with van der Waals surface area (Å²) in [6.45, 7) is 5.07. The number of carbonyl (C=O) groups is 2. The third-order valence-electron chi connectivity index (χ3n) is 2.17. The largest absolute Gasteiger partial charge is 0.328 e. The van der Waals surface area contributed by atoms with E-state index in [1.54, 1.807) is 0 Å². The van der Waals surface area contributed by atoms with Crippen molar-refractivity contribution in [3.63, 3.8) is 0 Å². The van der Waals surface area contributed by atoms with E-state index in [-0.39, 0.29) is 12.1 Å². The van der Waals surface area contributed by atoms with Crippen LogP contribution >= 0.6 is 0 Å². The molecule has 15 heavy (non-hydrogen) atoms. The molecule has 86 valence electrons. The Morgan fingerprint density at radius 1 is 1.27 bits per heavy atom.